The van der Waals surface area contributed by atoms with Gasteiger partial charge in [0.15, 0.2) is 0 Å². The van der Waals surface area contributed by atoms with E-state index in [0.717, 1.165) is 5.56 Å². The highest BCUT2D eigenvalue weighted by atomic mass is 16.4. The van der Waals surface area contributed by atoms with E-state index in [1.807, 2.05) is 19.1 Å². The van der Waals surface area contributed by atoms with Crippen molar-refractivity contribution >= 4 is 17.6 Å². The molecule has 90 valence electrons. The number of carboxylic acids is 1. The SMILES string of the molecule is Cc1ccc(N2C(=O)CNCC2C(=O)O)cc1. The van der Waals surface area contributed by atoms with E-state index < -0.39 is 12.0 Å². The minimum absolute atomic E-state index is 0.178. The smallest absolute Gasteiger partial charge is 0.328 e. The van der Waals surface area contributed by atoms with Gasteiger partial charge in [0.25, 0.3) is 0 Å². The molecule has 1 saturated heterocycles. The highest BCUT2D eigenvalue weighted by molar-refractivity contribution is 6.01. The zero-order valence-electron chi connectivity index (χ0n) is 9.51. The van der Waals surface area contributed by atoms with Gasteiger partial charge in [0.2, 0.25) is 5.91 Å². The fourth-order valence-corrected chi connectivity index (χ4v) is 1.89. The zero-order valence-corrected chi connectivity index (χ0v) is 9.51. The number of piperazine rings is 1. The van der Waals surface area contributed by atoms with Crippen LogP contribution < -0.4 is 10.2 Å². The highest BCUT2D eigenvalue weighted by Crippen LogP contribution is 2.19. The Morgan fingerprint density at radius 1 is 1.41 bits per heavy atom. The lowest BCUT2D eigenvalue weighted by molar-refractivity contribution is -0.140. The second-order valence-corrected chi connectivity index (χ2v) is 4.08. The Kier molecular flexibility index (Phi) is 3.10. The van der Waals surface area contributed by atoms with Gasteiger partial charge in [-0.1, -0.05) is 17.7 Å². The first-order valence-electron chi connectivity index (χ1n) is 5.42. The predicted molar refractivity (Wildman–Crippen MR) is 63.0 cm³/mol. The quantitative estimate of drug-likeness (QED) is 0.776. The van der Waals surface area contributed by atoms with Gasteiger partial charge in [0.05, 0.1) is 6.54 Å². The molecule has 17 heavy (non-hydrogen) atoms. The van der Waals surface area contributed by atoms with Gasteiger partial charge in [-0.05, 0) is 19.1 Å². The average Bonchev–Trinajstić information content (AvgIpc) is 2.30. The predicted octanol–water partition coefficient (Wildman–Crippen LogP) is 0.384. The lowest BCUT2D eigenvalue weighted by atomic mass is 10.1. The number of benzene rings is 1. The van der Waals surface area contributed by atoms with Crippen molar-refractivity contribution in [1.82, 2.24) is 5.32 Å². The molecule has 1 heterocycles. The molecule has 0 bridgehead atoms. The topological polar surface area (TPSA) is 69.6 Å². The fraction of sp³-hybridized carbons (Fsp3) is 0.333. The summed E-state index contributed by atoms with van der Waals surface area (Å²) < 4.78 is 0. The molecular weight excluding hydrogens is 220 g/mol. The molecule has 2 N–H and O–H groups in total. The van der Waals surface area contributed by atoms with Crippen molar-refractivity contribution < 1.29 is 14.7 Å². The Labute approximate surface area is 99.0 Å². The molecule has 0 spiro atoms. The minimum Gasteiger partial charge on any atom is -0.480 e. The lowest BCUT2D eigenvalue weighted by Crippen LogP contribution is -2.58. The number of aliphatic carboxylic acids is 1. The van der Waals surface area contributed by atoms with Crippen LogP contribution in [0.5, 0.6) is 0 Å². The minimum atomic E-state index is -0.994. The van der Waals surface area contributed by atoms with Crippen molar-refractivity contribution in [2.24, 2.45) is 0 Å². The van der Waals surface area contributed by atoms with Crippen molar-refractivity contribution in [2.45, 2.75) is 13.0 Å². The molecule has 0 radical (unpaired) electrons. The van der Waals surface area contributed by atoms with Crippen LogP contribution in [0.25, 0.3) is 0 Å². The summed E-state index contributed by atoms with van der Waals surface area (Å²) in [4.78, 5) is 24.3. The second kappa shape index (κ2) is 4.55. The summed E-state index contributed by atoms with van der Waals surface area (Å²) >= 11 is 0. The second-order valence-electron chi connectivity index (χ2n) is 4.08. The first-order chi connectivity index (χ1) is 8.09. The summed E-state index contributed by atoms with van der Waals surface area (Å²) in [6.45, 7) is 2.39. The van der Waals surface area contributed by atoms with Gasteiger partial charge in [0, 0.05) is 12.2 Å². The number of anilines is 1. The van der Waals surface area contributed by atoms with Crippen molar-refractivity contribution in [3.05, 3.63) is 29.8 Å². The average molecular weight is 234 g/mol. The van der Waals surface area contributed by atoms with Crippen LogP contribution in [0.3, 0.4) is 0 Å². The number of rotatable bonds is 2. The number of carbonyl (C=O) groups excluding carboxylic acids is 1. The third-order valence-electron chi connectivity index (χ3n) is 2.79. The molecule has 0 saturated carbocycles. The molecule has 1 amide bonds. The maximum absolute atomic E-state index is 11.8. The normalized spacial score (nSPS) is 20.4. The van der Waals surface area contributed by atoms with Gasteiger partial charge in [-0.3, -0.25) is 9.69 Å². The largest absolute Gasteiger partial charge is 0.480 e. The number of carboxylic acid groups (broad SMARTS) is 1. The summed E-state index contributed by atoms with van der Waals surface area (Å²) in [5, 5.41) is 11.9. The number of hydrogen-bond donors (Lipinski definition) is 2. The molecule has 5 heteroatoms. The van der Waals surface area contributed by atoms with Crippen LogP contribution in [-0.4, -0.2) is 36.1 Å². The van der Waals surface area contributed by atoms with Crippen LogP contribution in [0.2, 0.25) is 0 Å². The van der Waals surface area contributed by atoms with E-state index >= 15 is 0 Å². The molecule has 1 aliphatic heterocycles. The molecular formula is C12H14N2O3. The number of carbonyl (C=O) groups is 2. The summed E-state index contributed by atoms with van der Waals surface area (Å²) in [6.07, 6.45) is 0. The van der Waals surface area contributed by atoms with Crippen molar-refractivity contribution in [3.8, 4) is 0 Å². The number of amides is 1. The van der Waals surface area contributed by atoms with Gasteiger partial charge in [-0.15, -0.1) is 0 Å². The van der Waals surface area contributed by atoms with E-state index in [1.54, 1.807) is 12.1 Å². The van der Waals surface area contributed by atoms with Gasteiger partial charge >= 0.3 is 5.97 Å². The molecule has 1 fully saturated rings. The van der Waals surface area contributed by atoms with E-state index in [-0.39, 0.29) is 19.0 Å². The molecule has 1 aromatic carbocycles. The van der Waals surface area contributed by atoms with Crippen LogP contribution >= 0.6 is 0 Å². The summed E-state index contributed by atoms with van der Waals surface area (Å²) in [5.41, 5.74) is 1.71. The van der Waals surface area contributed by atoms with E-state index in [4.69, 9.17) is 5.11 Å². The molecule has 1 atom stereocenters. The van der Waals surface area contributed by atoms with Gasteiger partial charge in [0.1, 0.15) is 6.04 Å². The van der Waals surface area contributed by atoms with Crippen LogP contribution in [0.1, 0.15) is 5.56 Å². The van der Waals surface area contributed by atoms with Crippen LogP contribution in [0.4, 0.5) is 5.69 Å². The van der Waals surface area contributed by atoms with E-state index in [1.165, 1.54) is 4.90 Å². The van der Waals surface area contributed by atoms with Crippen molar-refractivity contribution in [2.75, 3.05) is 18.0 Å². The maximum Gasteiger partial charge on any atom is 0.328 e. The zero-order chi connectivity index (χ0) is 12.4. The lowest BCUT2D eigenvalue weighted by Gasteiger charge is -2.33. The molecule has 1 unspecified atom stereocenters. The number of hydrogen-bond acceptors (Lipinski definition) is 3. The van der Waals surface area contributed by atoms with Crippen LogP contribution in [-0.2, 0) is 9.59 Å². The molecule has 1 aromatic rings. The molecule has 5 nitrogen and oxygen atoms in total. The van der Waals surface area contributed by atoms with Gasteiger partial charge in [-0.2, -0.15) is 0 Å². The molecule has 2 rings (SSSR count). The van der Waals surface area contributed by atoms with Crippen LogP contribution in [0, 0.1) is 6.92 Å². The summed E-state index contributed by atoms with van der Waals surface area (Å²) in [6, 6.07) is 6.44. The molecule has 0 aromatic heterocycles. The van der Waals surface area contributed by atoms with Crippen LogP contribution in [0.15, 0.2) is 24.3 Å². The monoisotopic (exact) mass is 234 g/mol. The van der Waals surface area contributed by atoms with E-state index in [9.17, 15) is 9.59 Å². The Morgan fingerprint density at radius 2 is 2.06 bits per heavy atom. The standard InChI is InChI=1S/C12H14N2O3/c1-8-2-4-9(5-3-8)14-10(12(16)17)6-13-7-11(14)15/h2-5,10,13H,6-7H2,1H3,(H,16,17). The Bertz CT molecular complexity index is 442. The van der Waals surface area contributed by atoms with Crippen molar-refractivity contribution in [3.63, 3.8) is 0 Å². The highest BCUT2D eigenvalue weighted by Gasteiger charge is 2.33. The summed E-state index contributed by atoms with van der Waals surface area (Å²) in [7, 11) is 0. The van der Waals surface area contributed by atoms with Crippen molar-refractivity contribution in [1.29, 1.82) is 0 Å². The van der Waals surface area contributed by atoms with Gasteiger partial charge in [-0.25, -0.2) is 4.79 Å². The first-order valence-corrected chi connectivity index (χ1v) is 5.42. The van der Waals surface area contributed by atoms with E-state index in [0.29, 0.717) is 5.69 Å². The number of nitrogens with zero attached hydrogens (tertiary/aromatic N) is 1. The summed E-state index contributed by atoms with van der Waals surface area (Å²) in [5.74, 6) is -1.21. The Balaban J connectivity index is 2.34. The Hall–Kier alpha value is -1.88. The number of nitrogens with one attached hydrogen (secondary N) is 1. The third-order valence-corrected chi connectivity index (χ3v) is 2.79. The fourth-order valence-electron chi connectivity index (χ4n) is 1.89. The molecule has 0 aliphatic carbocycles. The molecule has 1 aliphatic rings. The van der Waals surface area contributed by atoms with Gasteiger partial charge < -0.3 is 10.4 Å². The van der Waals surface area contributed by atoms with E-state index in [2.05, 4.69) is 5.32 Å². The Morgan fingerprint density at radius 3 is 2.65 bits per heavy atom. The first kappa shape index (κ1) is 11.6. The number of aryl methyl sites for hydroxylation is 1. The maximum atomic E-state index is 11.8. The third kappa shape index (κ3) is 2.29.